The van der Waals surface area contributed by atoms with Crippen molar-refractivity contribution < 1.29 is 0 Å². The maximum atomic E-state index is 8.04. The molecule has 0 aliphatic carbocycles. The summed E-state index contributed by atoms with van der Waals surface area (Å²) in [5.74, 6) is 0.840. The van der Waals surface area contributed by atoms with Crippen molar-refractivity contribution in [2.24, 2.45) is 0 Å². The minimum Gasteiger partial charge on any atom is -0.383 e. The highest BCUT2D eigenvalue weighted by Crippen LogP contribution is 2.32. The average molecular weight is 413 g/mol. The van der Waals surface area contributed by atoms with Crippen LogP contribution >= 0.6 is 0 Å². The minimum atomic E-state index is -0.116. The monoisotopic (exact) mass is 412 g/mol. The lowest BCUT2D eigenvalue weighted by atomic mass is 9.98. The first-order chi connectivity index (χ1) is 15.0. The summed E-state index contributed by atoms with van der Waals surface area (Å²) in [7, 11) is 0. The van der Waals surface area contributed by atoms with Crippen LogP contribution in [0.3, 0.4) is 0 Å². The van der Waals surface area contributed by atoms with Gasteiger partial charge in [0.25, 0.3) is 0 Å². The van der Waals surface area contributed by atoms with Crippen LogP contribution in [0.5, 0.6) is 0 Å². The van der Waals surface area contributed by atoms with E-state index < -0.39 is 0 Å². The second-order valence-electron chi connectivity index (χ2n) is 6.96. The Morgan fingerprint density at radius 3 is 2.39 bits per heavy atom. The highest BCUT2D eigenvalue weighted by molar-refractivity contribution is 6.04. The molecule has 1 unspecified atom stereocenters. The highest BCUT2D eigenvalue weighted by Gasteiger charge is 2.18. The van der Waals surface area contributed by atoms with E-state index in [2.05, 4.69) is 46.5 Å². The van der Waals surface area contributed by atoms with Gasteiger partial charge in [0.1, 0.15) is 18.0 Å². The largest absolute Gasteiger partial charge is 0.383 e. The van der Waals surface area contributed by atoms with Crippen LogP contribution in [0.25, 0.3) is 22.2 Å². The second-order valence-corrected chi connectivity index (χ2v) is 6.96. The van der Waals surface area contributed by atoms with E-state index in [-0.39, 0.29) is 6.04 Å². The van der Waals surface area contributed by atoms with Crippen LogP contribution in [-0.2, 0) is 0 Å². The minimum absolute atomic E-state index is 0.116. The first kappa shape index (κ1) is 21.9. The number of nitrogens with zero attached hydrogens (tertiary/aromatic N) is 3. The summed E-state index contributed by atoms with van der Waals surface area (Å²) in [6.07, 6.45) is 1.41. The quantitative estimate of drug-likeness (QED) is 0.356. The van der Waals surface area contributed by atoms with Crippen LogP contribution < -0.4 is 11.1 Å². The molecule has 2 heterocycles. The van der Waals surface area contributed by atoms with Gasteiger partial charge in [0, 0.05) is 22.2 Å². The number of hydrogen-bond donors (Lipinski definition) is 3. The van der Waals surface area contributed by atoms with E-state index in [1.165, 1.54) is 6.33 Å². The van der Waals surface area contributed by atoms with Gasteiger partial charge in [-0.15, -0.1) is 0 Å². The molecule has 0 radical (unpaired) electrons. The summed E-state index contributed by atoms with van der Waals surface area (Å²) in [5.41, 5.74) is 10.8. The van der Waals surface area contributed by atoms with Crippen molar-refractivity contribution in [1.82, 2.24) is 15.0 Å². The first-order valence-corrected chi connectivity index (χ1v) is 10.4. The Morgan fingerprint density at radius 2 is 1.68 bits per heavy atom. The van der Waals surface area contributed by atoms with Crippen molar-refractivity contribution in [2.75, 3.05) is 11.1 Å². The molecule has 4 aromatic rings. The van der Waals surface area contributed by atoms with Crippen LogP contribution in [0, 0.1) is 5.41 Å². The molecule has 0 saturated heterocycles. The number of nitrogen functional groups attached to an aromatic ring is 1. The zero-order valence-electron chi connectivity index (χ0n) is 18.3. The van der Waals surface area contributed by atoms with Crippen molar-refractivity contribution >= 4 is 28.3 Å². The number of nitrogens with one attached hydrogen (secondary N) is 2. The zero-order valence-corrected chi connectivity index (χ0v) is 18.3. The summed E-state index contributed by atoms with van der Waals surface area (Å²) in [4.78, 5) is 13.3. The lowest BCUT2D eigenvalue weighted by molar-refractivity contribution is 0.869. The van der Waals surface area contributed by atoms with E-state index in [4.69, 9.17) is 16.1 Å². The van der Waals surface area contributed by atoms with Crippen LogP contribution in [-0.4, -0.2) is 20.7 Å². The van der Waals surface area contributed by atoms with E-state index in [9.17, 15) is 0 Å². The molecule has 0 saturated carbocycles. The number of hydrogen-bond acceptors (Lipinski definition) is 6. The number of rotatable bonds is 5. The van der Waals surface area contributed by atoms with Gasteiger partial charge in [-0.05, 0) is 26.0 Å². The fraction of sp³-hybridized carbons (Fsp3) is 0.200. The molecule has 2 aromatic carbocycles. The molecular formula is C25H28N6. The fourth-order valence-corrected chi connectivity index (χ4v) is 3.45. The fourth-order valence-electron chi connectivity index (χ4n) is 3.45. The predicted octanol–water partition coefficient (Wildman–Crippen LogP) is 5.86. The smallest absolute Gasteiger partial charge is 0.141 e. The molecule has 4 rings (SSSR count). The van der Waals surface area contributed by atoms with Gasteiger partial charge in [0.2, 0.25) is 0 Å². The number of benzene rings is 2. The van der Waals surface area contributed by atoms with Crippen molar-refractivity contribution in [3.8, 4) is 11.3 Å². The van der Waals surface area contributed by atoms with Gasteiger partial charge in [-0.1, -0.05) is 62.4 Å². The van der Waals surface area contributed by atoms with Crippen LogP contribution in [0.2, 0.25) is 0 Å². The molecule has 6 nitrogen and oxygen atoms in total. The first-order valence-electron chi connectivity index (χ1n) is 10.4. The molecule has 31 heavy (non-hydrogen) atoms. The molecule has 0 fully saturated rings. The summed E-state index contributed by atoms with van der Waals surface area (Å²) < 4.78 is 0. The number of pyridine rings is 1. The topological polar surface area (TPSA) is 101 Å². The SMILES string of the molecule is CC.CC(=N)c1c(N)ncnc1NC(C)c1cc2ccccc2nc1-c1ccccc1. The summed E-state index contributed by atoms with van der Waals surface area (Å²) in [6, 6.07) is 20.3. The Bertz CT molecular complexity index is 1190. The van der Waals surface area contributed by atoms with Crippen molar-refractivity contribution in [3.05, 3.63) is 78.1 Å². The standard InChI is InChI=1S/C23H22N6.C2H6/c1-14(24)20-22(25)26-13-27-23(20)28-15(2)18-12-17-10-6-7-11-19(17)29-21(18)16-8-4-3-5-9-16;1-2/h3-13,15,24H,1-2H3,(H3,25,26,27,28);1-2H3. The Kier molecular flexibility index (Phi) is 6.92. The molecule has 0 amide bonds. The van der Waals surface area contributed by atoms with Gasteiger partial charge in [0.05, 0.1) is 22.8 Å². The molecular weight excluding hydrogens is 384 g/mol. The van der Waals surface area contributed by atoms with E-state index in [1.807, 2.05) is 50.2 Å². The number of aromatic nitrogens is 3. The molecule has 0 aliphatic rings. The molecule has 0 spiro atoms. The number of fused-ring (bicyclic) bond motifs is 1. The third-order valence-corrected chi connectivity index (χ3v) is 4.87. The van der Waals surface area contributed by atoms with Gasteiger partial charge in [-0.25, -0.2) is 15.0 Å². The molecule has 0 bridgehead atoms. The van der Waals surface area contributed by atoms with E-state index in [0.717, 1.165) is 27.7 Å². The number of para-hydroxylation sites is 1. The van der Waals surface area contributed by atoms with Gasteiger partial charge >= 0.3 is 0 Å². The highest BCUT2D eigenvalue weighted by atomic mass is 15.1. The number of anilines is 2. The van der Waals surface area contributed by atoms with Gasteiger partial charge in [-0.2, -0.15) is 0 Å². The maximum Gasteiger partial charge on any atom is 0.141 e. The summed E-state index contributed by atoms with van der Waals surface area (Å²) >= 11 is 0. The lowest BCUT2D eigenvalue weighted by Gasteiger charge is -2.21. The van der Waals surface area contributed by atoms with Crippen molar-refractivity contribution in [2.45, 2.75) is 33.7 Å². The lowest BCUT2D eigenvalue weighted by Crippen LogP contribution is -2.15. The summed E-state index contributed by atoms with van der Waals surface area (Å²) in [5, 5.41) is 12.5. The predicted molar refractivity (Wildman–Crippen MR) is 130 cm³/mol. The Labute approximate surface area is 183 Å². The van der Waals surface area contributed by atoms with Crippen LogP contribution in [0.4, 0.5) is 11.6 Å². The number of nitrogens with two attached hydrogens (primary N) is 1. The van der Waals surface area contributed by atoms with Gasteiger partial charge in [-0.3, -0.25) is 0 Å². The Hall–Kier alpha value is -3.80. The van der Waals surface area contributed by atoms with Crippen molar-refractivity contribution in [1.29, 1.82) is 5.41 Å². The molecule has 1 atom stereocenters. The van der Waals surface area contributed by atoms with Crippen molar-refractivity contribution in [3.63, 3.8) is 0 Å². The van der Waals surface area contributed by atoms with E-state index in [0.29, 0.717) is 22.9 Å². The zero-order chi connectivity index (χ0) is 22.4. The average Bonchev–Trinajstić information content (AvgIpc) is 2.80. The van der Waals surface area contributed by atoms with Gasteiger partial charge in [0.15, 0.2) is 0 Å². The Morgan fingerprint density at radius 1 is 1.00 bits per heavy atom. The molecule has 2 aromatic heterocycles. The Balaban J connectivity index is 0.00000132. The van der Waals surface area contributed by atoms with E-state index in [1.54, 1.807) is 6.92 Å². The van der Waals surface area contributed by atoms with Crippen LogP contribution in [0.15, 0.2) is 67.0 Å². The van der Waals surface area contributed by atoms with E-state index >= 15 is 0 Å². The maximum absolute atomic E-state index is 8.04. The molecule has 6 heteroatoms. The third kappa shape index (κ3) is 4.69. The molecule has 0 aliphatic heterocycles. The van der Waals surface area contributed by atoms with Gasteiger partial charge < -0.3 is 16.5 Å². The second kappa shape index (κ2) is 9.80. The van der Waals surface area contributed by atoms with Crippen LogP contribution in [0.1, 0.15) is 44.9 Å². The summed E-state index contributed by atoms with van der Waals surface area (Å²) in [6.45, 7) is 7.73. The normalized spacial score (nSPS) is 11.4. The molecule has 4 N–H and O–H groups in total. The third-order valence-electron chi connectivity index (χ3n) is 4.87. The molecule has 158 valence electrons.